The number of guanidine groups is 1. The van der Waals surface area contributed by atoms with Gasteiger partial charge in [-0.05, 0) is 42.5 Å². The number of benzene rings is 1. The number of thiophene rings is 1. The minimum Gasteiger partial charge on any atom is -0.360 e. The third-order valence-corrected chi connectivity index (χ3v) is 6.22. The van der Waals surface area contributed by atoms with E-state index in [-0.39, 0.29) is 0 Å². The molecule has 3 heterocycles. The largest absolute Gasteiger partial charge is 0.360 e. The second-order valence-electron chi connectivity index (χ2n) is 6.92. The molecule has 1 aliphatic rings. The van der Waals surface area contributed by atoms with E-state index in [0.717, 1.165) is 45.1 Å². The maximum absolute atomic E-state index is 4.51. The highest BCUT2D eigenvalue weighted by molar-refractivity contribution is 7.14. The van der Waals surface area contributed by atoms with Gasteiger partial charge < -0.3 is 20.1 Å². The lowest BCUT2D eigenvalue weighted by molar-refractivity contribution is 0.374. The molecule has 0 atom stereocenters. The van der Waals surface area contributed by atoms with Crippen LogP contribution in [0.1, 0.15) is 11.3 Å². The summed E-state index contributed by atoms with van der Waals surface area (Å²) >= 11 is 1.82. The summed E-state index contributed by atoms with van der Waals surface area (Å²) in [5.74, 6) is 1.01. The number of fused-ring (bicyclic) bond motifs is 1. The van der Waals surface area contributed by atoms with Crippen molar-refractivity contribution in [2.45, 2.75) is 13.3 Å². The average molecular weight is 382 g/mol. The van der Waals surface area contributed by atoms with E-state index >= 15 is 0 Å². The molecule has 0 radical (unpaired) electrons. The summed E-state index contributed by atoms with van der Waals surface area (Å²) in [5, 5.41) is 8.41. The molecule has 0 saturated carbocycles. The molecule has 1 saturated heterocycles. The highest BCUT2D eigenvalue weighted by Gasteiger charge is 2.20. The number of nitrogens with zero attached hydrogens (tertiary/aromatic N) is 3. The van der Waals surface area contributed by atoms with E-state index in [1.54, 1.807) is 0 Å². The Balaban J connectivity index is 1.33. The number of hydrogen-bond acceptors (Lipinski definition) is 3. The molecule has 0 spiro atoms. The van der Waals surface area contributed by atoms with Gasteiger partial charge in [0.05, 0.1) is 5.00 Å². The van der Waals surface area contributed by atoms with E-state index in [9.17, 15) is 0 Å². The van der Waals surface area contributed by atoms with E-state index < -0.39 is 0 Å². The molecule has 3 aromatic rings. The van der Waals surface area contributed by atoms with Crippen molar-refractivity contribution in [1.29, 1.82) is 0 Å². The molecule has 27 heavy (non-hydrogen) atoms. The Morgan fingerprint density at radius 1 is 1.15 bits per heavy atom. The first-order chi connectivity index (χ1) is 13.3. The van der Waals surface area contributed by atoms with Gasteiger partial charge in [-0.2, -0.15) is 0 Å². The predicted molar refractivity (Wildman–Crippen MR) is 116 cm³/mol. The number of rotatable bonds is 4. The number of hydrogen-bond donors (Lipinski definition) is 2. The van der Waals surface area contributed by atoms with Gasteiger partial charge in [-0.3, -0.25) is 4.99 Å². The van der Waals surface area contributed by atoms with E-state index in [1.165, 1.54) is 27.2 Å². The molecular weight excluding hydrogens is 354 g/mol. The number of anilines is 1. The molecule has 142 valence electrons. The van der Waals surface area contributed by atoms with Crippen molar-refractivity contribution in [3.8, 4) is 0 Å². The van der Waals surface area contributed by atoms with Gasteiger partial charge in [-0.15, -0.1) is 11.3 Å². The summed E-state index contributed by atoms with van der Waals surface area (Å²) in [6.07, 6.45) is 0.990. The van der Waals surface area contributed by atoms with Crippen LogP contribution in [0.2, 0.25) is 0 Å². The molecule has 5 nitrogen and oxygen atoms in total. The minimum absolute atomic E-state index is 0.889. The Hall–Kier alpha value is -2.47. The number of aliphatic imine (C=N–C) groups is 1. The highest BCUT2D eigenvalue weighted by atomic mass is 32.1. The second-order valence-corrected chi connectivity index (χ2v) is 7.85. The van der Waals surface area contributed by atoms with Gasteiger partial charge in [0.1, 0.15) is 0 Å². The molecule has 4 rings (SSSR count). The summed E-state index contributed by atoms with van der Waals surface area (Å²) in [4.78, 5) is 12.8. The molecule has 2 N–H and O–H groups in total. The summed E-state index contributed by atoms with van der Waals surface area (Å²) < 4.78 is 0. The Bertz CT molecular complexity index is 904. The zero-order valence-corrected chi connectivity index (χ0v) is 16.9. The van der Waals surface area contributed by atoms with Gasteiger partial charge in [-0.25, -0.2) is 0 Å². The second kappa shape index (κ2) is 8.05. The van der Waals surface area contributed by atoms with Gasteiger partial charge in [-0.1, -0.05) is 18.2 Å². The molecule has 0 aliphatic carbocycles. The fourth-order valence-corrected chi connectivity index (χ4v) is 4.66. The van der Waals surface area contributed by atoms with E-state index in [4.69, 9.17) is 0 Å². The van der Waals surface area contributed by atoms with E-state index in [0.29, 0.717) is 0 Å². The maximum Gasteiger partial charge on any atom is 0.193 e. The van der Waals surface area contributed by atoms with Crippen molar-refractivity contribution in [2.75, 3.05) is 44.7 Å². The maximum atomic E-state index is 4.51. The Morgan fingerprint density at radius 3 is 2.70 bits per heavy atom. The number of aryl methyl sites for hydroxylation is 1. The van der Waals surface area contributed by atoms with Crippen LogP contribution in [-0.2, 0) is 6.42 Å². The van der Waals surface area contributed by atoms with Crippen molar-refractivity contribution in [3.63, 3.8) is 0 Å². The first kappa shape index (κ1) is 17.9. The van der Waals surface area contributed by atoms with Crippen LogP contribution in [0.15, 0.2) is 46.8 Å². The Labute approximate surface area is 164 Å². The van der Waals surface area contributed by atoms with Crippen molar-refractivity contribution >= 4 is 33.2 Å². The molecule has 0 amide bonds. The zero-order chi connectivity index (χ0) is 18.6. The van der Waals surface area contributed by atoms with E-state index in [1.807, 2.05) is 18.4 Å². The molecule has 2 aromatic heterocycles. The SMILES string of the molecule is CN=C(NCCc1c(C)[nH]c2ccccc12)N1CCN(c2cccs2)CC1. The summed E-state index contributed by atoms with van der Waals surface area (Å²) in [7, 11) is 1.88. The predicted octanol–water partition coefficient (Wildman–Crippen LogP) is 3.48. The van der Waals surface area contributed by atoms with Crippen LogP contribution in [-0.4, -0.2) is 55.6 Å². The highest BCUT2D eigenvalue weighted by Crippen LogP contribution is 2.23. The third kappa shape index (κ3) is 3.81. The Morgan fingerprint density at radius 2 is 1.96 bits per heavy atom. The van der Waals surface area contributed by atoms with Crippen LogP contribution >= 0.6 is 11.3 Å². The van der Waals surface area contributed by atoms with Crippen molar-refractivity contribution < 1.29 is 0 Å². The van der Waals surface area contributed by atoms with Crippen LogP contribution in [0.25, 0.3) is 10.9 Å². The Kier molecular flexibility index (Phi) is 5.34. The molecule has 0 bridgehead atoms. The quantitative estimate of drug-likeness (QED) is 0.537. The fourth-order valence-electron chi connectivity index (χ4n) is 3.88. The number of H-pyrrole nitrogens is 1. The number of aromatic nitrogens is 1. The third-order valence-electron chi connectivity index (χ3n) is 5.29. The van der Waals surface area contributed by atoms with Gasteiger partial charge in [0.15, 0.2) is 5.96 Å². The summed E-state index contributed by atoms with van der Waals surface area (Å²) in [5.41, 5.74) is 3.88. The fraction of sp³-hybridized carbons (Fsp3) is 0.381. The van der Waals surface area contributed by atoms with Gasteiger partial charge in [0, 0.05) is 56.4 Å². The van der Waals surface area contributed by atoms with Crippen molar-refractivity contribution in [2.24, 2.45) is 4.99 Å². The van der Waals surface area contributed by atoms with Crippen LogP contribution in [0, 0.1) is 6.92 Å². The van der Waals surface area contributed by atoms with Crippen molar-refractivity contribution in [1.82, 2.24) is 15.2 Å². The van der Waals surface area contributed by atoms with Gasteiger partial charge in [0.25, 0.3) is 0 Å². The topological polar surface area (TPSA) is 46.7 Å². The molecular formula is C21H27N5S. The van der Waals surface area contributed by atoms with Gasteiger partial charge in [0.2, 0.25) is 0 Å². The molecule has 1 fully saturated rings. The number of para-hydroxylation sites is 1. The normalized spacial score (nSPS) is 15.6. The summed E-state index contributed by atoms with van der Waals surface area (Å²) in [6, 6.07) is 12.9. The first-order valence-electron chi connectivity index (χ1n) is 9.56. The van der Waals surface area contributed by atoms with Gasteiger partial charge >= 0.3 is 0 Å². The lowest BCUT2D eigenvalue weighted by Gasteiger charge is -2.37. The molecule has 1 aliphatic heterocycles. The lowest BCUT2D eigenvalue weighted by atomic mass is 10.1. The molecule has 1 aromatic carbocycles. The lowest BCUT2D eigenvalue weighted by Crippen LogP contribution is -2.52. The van der Waals surface area contributed by atoms with E-state index in [2.05, 4.69) is 73.8 Å². The number of aromatic amines is 1. The minimum atomic E-state index is 0.889. The van der Waals surface area contributed by atoms with Crippen molar-refractivity contribution in [3.05, 3.63) is 53.0 Å². The smallest absolute Gasteiger partial charge is 0.193 e. The standard InChI is InChI=1S/C21H27N5S/c1-16-17(18-6-3-4-7-19(18)24-16)9-10-23-21(22-2)26-13-11-25(12-14-26)20-8-5-15-27-20/h3-8,15,24H,9-14H2,1-2H3,(H,22,23). The van der Waals surface area contributed by atoms with Crippen LogP contribution in [0.4, 0.5) is 5.00 Å². The summed E-state index contributed by atoms with van der Waals surface area (Å²) in [6.45, 7) is 7.15. The molecule has 0 unspecified atom stereocenters. The first-order valence-corrected chi connectivity index (χ1v) is 10.4. The molecule has 6 heteroatoms. The van der Waals surface area contributed by atoms with Crippen LogP contribution < -0.4 is 10.2 Å². The van der Waals surface area contributed by atoms with Crippen LogP contribution in [0.5, 0.6) is 0 Å². The zero-order valence-electron chi connectivity index (χ0n) is 16.0. The average Bonchev–Trinajstić information content (AvgIpc) is 3.34. The van der Waals surface area contributed by atoms with Crippen LogP contribution in [0.3, 0.4) is 0 Å². The number of piperazine rings is 1. The monoisotopic (exact) mass is 381 g/mol. The number of nitrogens with one attached hydrogen (secondary N) is 2.